The first-order chi connectivity index (χ1) is 3.70. The van der Waals surface area contributed by atoms with Crippen LogP contribution in [0.5, 0.6) is 0 Å². The van der Waals surface area contributed by atoms with E-state index in [4.69, 9.17) is 0 Å². The molecule has 0 aromatic carbocycles. The molecule has 0 fully saturated rings. The quantitative estimate of drug-likeness (QED) is 0.649. The molecule has 0 aliphatic rings. The average molecular weight is 193 g/mol. The van der Waals surface area contributed by atoms with Crippen molar-refractivity contribution in [2.24, 2.45) is 0 Å². The molecule has 1 nitrogen and oxygen atoms in total. The predicted octanol–water partition coefficient (Wildman–Crippen LogP) is 1.69. The van der Waals surface area contributed by atoms with Crippen LogP contribution in [0, 0.1) is 6.92 Å². The standard InChI is InChI=1S/C5H6BrNS/c1-3-2-4(7)5(6)8-3/h2H,7H2,1H3/p+1. The van der Waals surface area contributed by atoms with Crippen LogP contribution in [0.4, 0.5) is 5.69 Å². The molecule has 0 spiro atoms. The summed E-state index contributed by atoms with van der Waals surface area (Å²) in [6, 6.07) is 2.06. The zero-order valence-electron chi connectivity index (χ0n) is 4.57. The fourth-order valence-corrected chi connectivity index (χ4v) is 2.09. The molecule has 0 saturated heterocycles. The highest BCUT2D eigenvalue weighted by Gasteiger charge is 2.00. The Labute approximate surface area is 60.6 Å². The normalized spacial score (nSPS) is 9.88. The van der Waals surface area contributed by atoms with E-state index in [1.54, 1.807) is 11.3 Å². The molecule has 0 aliphatic heterocycles. The highest BCUT2D eigenvalue weighted by molar-refractivity contribution is 9.11. The number of aryl methyl sites for hydroxylation is 1. The van der Waals surface area contributed by atoms with Crippen molar-refractivity contribution in [3.8, 4) is 0 Å². The molecule has 0 unspecified atom stereocenters. The molecule has 3 N–H and O–H groups in total. The third kappa shape index (κ3) is 1.10. The van der Waals surface area contributed by atoms with Gasteiger partial charge in [0.1, 0.15) is 3.79 Å². The second kappa shape index (κ2) is 2.17. The average Bonchev–Trinajstić information content (AvgIpc) is 1.85. The van der Waals surface area contributed by atoms with E-state index in [2.05, 4.69) is 34.7 Å². The summed E-state index contributed by atoms with van der Waals surface area (Å²) in [4.78, 5) is 1.31. The molecule has 0 aliphatic carbocycles. The second-order valence-electron chi connectivity index (χ2n) is 1.66. The zero-order valence-corrected chi connectivity index (χ0v) is 6.97. The van der Waals surface area contributed by atoms with Crippen molar-refractivity contribution in [2.75, 3.05) is 0 Å². The fraction of sp³-hybridized carbons (Fsp3) is 0.200. The van der Waals surface area contributed by atoms with Crippen molar-refractivity contribution in [2.45, 2.75) is 6.92 Å². The van der Waals surface area contributed by atoms with Gasteiger partial charge in [-0.1, -0.05) is 0 Å². The van der Waals surface area contributed by atoms with Gasteiger partial charge in [-0.3, -0.25) is 0 Å². The Kier molecular flexibility index (Phi) is 1.70. The molecule has 1 rings (SSSR count). The van der Waals surface area contributed by atoms with Crippen LogP contribution in [-0.2, 0) is 0 Å². The lowest BCUT2D eigenvalue weighted by molar-refractivity contribution is -0.255. The lowest BCUT2D eigenvalue weighted by atomic mass is 10.5. The maximum absolute atomic E-state index is 3.80. The number of hydrogen-bond donors (Lipinski definition) is 1. The summed E-state index contributed by atoms with van der Waals surface area (Å²) in [5.41, 5.74) is 4.89. The van der Waals surface area contributed by atoms with Crippen LogP contribution in [-0.4, -0.2) is 0 Å². The van der Waals surface area contributed by atoms with E-state index in [1.165, 1.54) is 4.88 Å². The highest BCUT2D eigenvalue weighted by Crippen LogP contribution is 2.27. The van der Waals surface area contributed by atoms with E-state index >= 15 is 0 Å². The summed E-state index contributed by atoms with van der Waals surface area (Å²) in [6.45, 7) is 2.07. The van der Waals surface area contributed by atoms with Crippen molar-refractivity contribution < 1.29 is 5.73 Å². The van der Waals surface area contributed by atoms with Crippen LogP contribution in [0.3, 0.4) is 0 Å². The third-order valence-electron chi connectivity index (χ3n) is 0.881. The SMILES string of the molecule is Cc1cc([NH3+])c(Br)s1. The minimum absolute atomic E-state index is 1.09. The van der Waals surface area contributed by atoms with Gasteiger partial charge in [-0.25, -0.2) is 0 Å². The van der Waals surface area contributed by atoms with Crippen molar-refractivity contribution in [1.82, 2.24) is 0 Å². The van der Waals surface area contributed by atoms with Gasteiger partial charge in [-0.2, -0.15) is 0 Å². The van der Waals surface area contributed by atoms with Gasteiger partial charge in [-0.15, -0.1) is 11.3 Å². The molecule has 0 radical (unpaired) electrons. The van der Waals surface area contributed by atoms with E-state index in [1.807, 2.05) is 0 Å². The molecule has 1 heterocycles. The summed E-state index contributed by atoms with van der Waals surface area (Å²) >= 11 is 5.10. The van der Waals surface area contributed by atoms with Gasteiger partial charge in [0.15, 0.2) is 5.69 Å². The van der Waals surface area contributed by atoms with E-state index in [9.17, 15) is 0 Å². The largest absolute Gasteiger partial charge is 0.323 e. The van der Waals surface area contributed by atoms with Crippen LogP contribution in [0.2, 0.25) is 0 Å². The number of thiophene rings is 1. The van der Waals surface area contributed by atoms with Gasteiger partial charge in [0, 0.05) is 10.9 Å². The molecule has 3 heteroatoms. The summed E-state index contributed by atoms with van der Waals surface area (Å²) in [7, 11) is 0. The molecular weight excluding hydrogens is 186 g/mol. The van der Waals surface area contributed by atoms with Crippen LogP contribution >= 0.6 is 27.3 Å². The second-order valence-corrected chi connectivity index (χ2v) is 4.23. The van der Waals surface area contributed by atoms with Crippen molar-refractivity contribution in [3.63, 3.8) is 0 Å². The van der Waals surface area contributed by atoms with Crippen molar-refractivity contribution >= 4 is 33.0 Å². The first kappa shape index (κ1) is 6.26. The van der Waals surface area contributed by atoms with Crippen LogP contribution < -0.4 is 5.73 Å². The Morgan fingerprint density at radius 1 is 1.75 bits per heavy atom. The van der Waals surface area contributed by atoms with Gasteiger partial charge < -0.3 is 5.73 Å². The highest BCUT2D eigenvalue weighted by atomic mass is 79.9. The fourth-order valence-electron chi connectivity index (χ4n) is 0.538. The number of hydrogen-bond acceptors (Lipinski definition) is 1. The Bertz CT molecular complexity index is 175. The minimum Gasteiger partial charge on any atom is -0.323 e. The van der Waals surface area contributed by atoms with E-state index in [0.717, 1.165) is 9.47 Å². The summed E-state index contributed by atoms with van der Waals surface area (Å²) in [5.74, 6) is 0. The maximum Gasteiger partial charge on any atom is 0.153 e. The monoisotopic (exact) mass is 192 g/mol. The molecule has 0 atom stereocenters. The van der Waals surface area contributed by atoms with Crippen LogP contribution in [0.15, 0.2) is 9.85 Å². The molecule has 44 valence electrons. The molecule has 1 aromatic rings. The first-order valence-corrected chi connectivity index (χ1v) is 3.89. The molecule has 0 bridgehead atoms. The molecule has 0 saturated carbocycles. The molecule has 8 heavy (non-hydrogen) atoms. The Morgan fingerprint density at radius 3 is 2.50 bits per heavy atom. The predicted molar refractivity (Wildman–Crippen MR) is 39.3 cm³/mol. The third-order valence-corrected chi connectivity index (χ3v) is 2.76. The maximum atomic E-state index is 3.80. The summed E-state index contributed by atoms with van der Waals surface area (Å²) in [5, 5.41) is 0. The number of rotatable bonds is 0. The van der Waals surface area contributed by atoms with Gasteiger partial charge in [0.05, 0.1) is 0 Å². The van der Waals surface area contributed by atoms with Crippen LogP contribution in [0.1, 0.15) is 4.88 Å². The van der Waals surface area contributed by atoms with Gasteiger partial charge in [0.2, 0.25) is 0 Å². The lowest BCUT2D eigenvalue weighted by Crippen LogP contribution is -2.39. The topological polar surface area (TPSA) is 27.6 Å². The Morgan fingerprint density at radius 2 is 2.38 bits per heavy atom. The number of halogens is 1. The first-order valence-electron chi connectivity index (χ1n) is 2.28. The summed E-state index contributed by atoms with van der Waals surface area (Å²) < 4.78 is 1.15. The van der Waals surface area contributed by atoms with Gasteiger partial charge in [0.25, 0.3) is 0 Å². The lowest BCUT2D eigenvalue weighted by Gasteiger charge is -1.73. The number of quaternary nitrogens is 1. The van der Waals surface area contributed by atoms with E-state index < -0.39 is 0 Å². The minimum atomic E-state index is 1.09. The Hall–Kier alpha value is 0.140. The van der Waals surface area contributed by atoms with Crippen molar-refractivity contribution in [1.29, 1.82) is 0 Å². The van der Waals surface area contributed by atoms with E-state index in [0.29, 0.717) is 0 Å². The van der Waals surface area contributed by atoms with E-state index in [-0.39, 0.29) is 0 Å². The summed E-state index contributed by atoms with van der Waals surface area (Å²) in [6.07, 6.45) is 0. The van der Waals surface area contributed by atoms with Crippen molar-refractivity contribution in [3.05, 3.63) is 14.7 Å². The van der Waals surface area contributed by atoms with Gasteiger partial charge >= 0.3 is 0 Å². The molecular formula is C5H7BrNS+. The van der Waals surface area contributed by atoms with Gasteiger partial charge in [-0.05, 0) is 22.9 Å². The zero-order chi connectivity index (χ0) is 6.15. The molecule has 1 aromatic heterocycles. The molecule has 0 amide bonds. The van der Waals surface area contributed by atoms with Crippen LogP contribution in [0.25, 0.3) is 0 Å². The Balaban J connectivity index is 3.14. The smallest absolute Gasteiger partial charge is 0.153 e.